The zero-order chi connectivity index (χ0) is 15.4. The Labute approximate surface area is 127 Å². The summed E-state index contributed by atoms with van der Waals surface area (Å²) in [7, 11) is 0. The molecule has 106 valence electrons. The second kappa shape index (κ2) is 6.28. The standard InChI is InChI=1S/C13H8BrFN4O2/c14-10-2-1-9(15)5-8(10)7-17-13-4-3-12(19(20)21)11(6-16)18-13/h1-5H,7H2,(H,17,18). The zero-order valence-electron chi connectivity index (χ0n) is 10.5. The maximum Gasteiger partial charge on any atom is 0.305 e. The van der Waals surface area contributed by atoms with Crippen molar-refractivity contribution in [3.8, 4) is 6.07 Å². The van der Waals surface area contributed by atoms with Crippen molar-refractivity contribution in [2.75, 3.05) is 5.32 Å². The van der Waals surface area contributed by atoms with E-state index in [0.29, 0.717) is 11.4 Å². The van der Waals surface area contributed by atoms with Crippen LogP contribution in [0.4, 0.5) is 15.9 Å². The van der Waals surface area contributed by atoms with Crippen molar-refractivity contribution in [3.63, 3.8) is 0 Å². The zero-order valence-corrected chi connectivity index (χ0v) is 12.1. The molecule has 21 heavy (non-hydrogen) atoms. The highest BCUT2D eigenvalue weighted by Gasteiger charge is 2.15. The Morgan fingerprint density at radius 3 is 2.86 bits per heavy atom. The molecular weight excluding hydrogens is 343 g/mol. The van der Waals surface area contributed by atoms with Gasteiger partial charge in [-0.1, -0.05) is 15.9 Å². The Hall–Kier alpha value is -2.53. The minimum Gasteiger partial charge on any atom is -0.366 e. The molecule has 0 unspecified atom stereocenters. The number of rotatable bonds is 4. The van der Waals surface area contributed by atoms with Crippen LogP contribution in [0.1, 0.15) is 11.3 Å². The lowest BCUT2D eigenvalue weighted by Gasteiger charge is -2.08. The van der Waals surface area contributed by atoms with E-state index in [1.807, 2.05) is 0 Å². The Morgan fingerprint density at radius 2 is 2.19 bits per heavy atom. The predicted octanol–water partition coefficient (Wildman–Crippen LogP) is 3.38. The van der Waals surface area contributed by atoms with Gasteiger partial charge in [-0.25, -0.2) is 9.37 Å². The summed E-state index contributed by atoms with van der Waals surface area (Å²) in [4.78, 5) is 13.9. The normalized spacial score (nSPS) is 9.95. The molecule has 2 rings (SSSR count). The van der Waals surface area contributed by atoms with E-state index in [1.165, 1.54) is 24.3 Å². The molecule has 0 aliphatic rings. The van der Waals surface area contributed by atoms with E-state index >= 15 is 0 Å². The summed E-state index contributed by atoms with van der Waals surface area (Å²) in [5.74, 6) is -0.0716. The van der Waals surface area contributed by atoms with Crippen LogP contribution in [0.2, 0.25) is 0 Å². The Balaban J connectivity index is 2.19. The van der Waals surface area contributed by atoms with Crippen LogP contribution in [0.5, 0.6) is 0 Å². The SMILES string of the molecule is N#Cc1nc(NCc2cc(F)ccc2Br)ccc1[N+](=O)[O-]. The topological polar surface area (TPSA) is 91.8 Å². The highest BCUT2D eigenvalue weighted by molar-refractivity contribution is 9.10. The lowest BCUT2D eigenvalue weighted by atomic mass is 10.2. The summed E-state index contributed by atoms with van der Waals surface area (Å²) in [6.45, 7) is 0.258. The summed E-state index contributed by atoms with van der Waals surface area (Å²) >= 11 is 3.29. The fourth-order valence-electron chi connectivity index (χ4n) is 1.64. The molecule has 0 atom stereocenters. The molecule has 0 saturated heterocycles. The molecular formula is C13H8BrFN4O2. The maximum atomic E-state index is 13.2. The van der Waals surface area contributed by atoms with Crippen molar-refractivity contribution in [1.29, 1.82) is 5.26 Å². The van der Waals surface area contributed by atoms with E-state index in [1.54, 1.807) is 12.1 Å². The van der Waals surface area contributed by atoms with Crippen LogP contribution >= 0.6 is 15.9 Å². The van der Waals surface area contributed by atoms with Gasteiger partial charge < -0.3 is 5.32 Å². The molecule has 8 heteroatoms. The number of nitrogens with zero attached hydrogens (tertiary/aromatic N) is 3. The Morgan fingerprint density at radius 1 is 1.43 bits per heavy atom. The van der Waals surface area contributed by atoms with Gasteiger partial charge in [0.1, 0.15) is 17.7 Å². The van der Waals surface area contributed by atoms with Crippen LogP contribution < -0.4 is 5.32 Å². The van der Waals surface area contributed by atoms with Crippen LogP contribution in [0.3, 0.4) is 0 Å². The van der Waals surface area contributed by atoms with Gasteiger partial charge in [0.15, 0.2) is 0 Å². The molecule has 0 radical (unpaired) electrons. The summed E-state index contributed by atoms with van der Waals surface area (Å²) in [6, 6.07) is 8.53. The lowest BCUT2D eigenvalue weighted by Crippen LogP contribution is -2.04. The molecule has 0 saturated carbocycles. The molecule has 0 amide bonds. The van der Waals surface area contributed by atoms with Crippen LogP contribution in [0.15, 0.2) is 34.8 Å². The van der Waals surface area contributed by atoms with E-state index in [4.69, 9.17) is 5.26 Å². The summed E-state index contributed by atoms with van der Waals surface area (Å²) in [5.41, 5.74) is 0.0342. The monoisotopic (exact) mass is 350 g/mol. The molecule has 6 nitrogen and oxygen atoms in total. The average Bonchev–Trinajstić information content (AvgIpc) is 2.47. The van der Waals surface area contributed by atoms with Gasteiger partial charge in [0.2, 0.25) is 5.69 Å². The molecule has 0 spiro atoms. The van der Waals surface area contributed by atoms with Crippen LogP contribution in [0, 0.1) is 27.3 Å². The highest BCUT2D eigenvalue weighted by atomic mass is 79.9. The smallest absolute Gasteiger partial charge is 0.305 e. The largest absolute Gasteiger partial charge is 0.366 e. The fourth-order valence-corrected chi connectivity index (χ4v) is 2.03. The molecule has 0 fully saturated rings. The predicted molar refractivity (Wildman–Crippen MR) is 77.0 cm³/mol. The van der Waals surface area contributed by atoms with Crippen molar-refractivity contribution in [3.05, 3.63) is 62.0 Å². The van der Waals surface area contributed by atoms with Crippen molar-refractivity contribution in [1.82, 2.24) is 4.98 Å². The first-order valence-corrected chi connectivity index (χ1v) is 6.54. The number of hydrogen-bond donors (Lipinski definition) is 1. The van der Waals surface area contributed by atoms with E-state index in [9.17, 15) is 14.5 Å². The van der Waals surface area contributed by atoms with Crippen molar-refractivity contribution in [2.45, 2.75) is 6.54 Å². The van der Waals surface area contributed by atoms with Crippen molar-refractivity contribution in [2.24, 2.45) is 0 Å². The van der Waals surface area contributed by atoms with E-state index in [0.717, 1.165) is 4.47 Å². The van der Waals surface area contributed by atoms with Crippen LogP contribution in [-0.2, 0) is 6.54 Å². The maximum absolute atomic E-state index is 13.2. The third kappa shape index (κ3) is 3.52. The summed E-state index contributed by atoms with van der Waals surface area (Å²) in [6.07, 6.45) is 0. The number of pyridine rings is 1. The molecule has 1 N–H and O–H groups in total. The number of nitrogens with one attached hydrogen (secondary N) is 1. The van der Waals surface area contributed by atoms with E-state index in [2.05, 4.69) is 26.2 Å². The molecule has 0 aliphatic heterocycles. The van der Waals surface area contributed by atoms with Gasteiger partial charge in [0.05, 0.1) is 4.92 Å². The van der Waals surface area contributed by atoms with E-state index < -0.39 is 4.92 Å². The summed E-state index contributed by atoms with van der Waals surface area (Å²) < 4.78 is 13.9. The molecule has 0 aliphatic carbocycles. The average molecular weight is 351 g/mol. The highest BCUT2D eigenvalue weighted by Crippen LogP contribution is 2.21. The summed E-state index contributed by atoms with van der Waals surface area (Å²) in [5, 5.41) is 22.4. The van der Waals surface area contributed by atoms with Gasteiger partial charge in [-0.15, -0.1) is 0 Å². The lowest BCUT2D eigenvalue weighted by molar-refractivity contribution is -0.385. The van der Waals surface area contributed by atoms with Gasteiger partial charge >= 0.3 is 5.69 Å². The number of nitro groups is 1. The molecule has 1 heterocycles. The number of hydrogen-bond acceptors (Lipinski definition) is 5. The minimum absolute atomic E-state index is 0.258. The first-order valence-electron chi connectivity index (χ1n) is 5.74. The fraction of sp³-hybridized carbons (Fsp3) is 0.0769. The number of nitriles is 1. The van der Waals surface area contributed by atoms with Gasteiger partial charge in [0.25, 0.3) is 0 Å². The first kappa shape index (κ1) is 14.9. The van der Waals surface area contributed by atoms with Crippen LogP contribution in [0.25, 0.3) is 0 Å². The molecule has 1 aromatic carbocycles. The second-order valence-corrected chi connectivity index (χ2v) is 4.88. The Bertz CT molecular complexity index is 745. The number of anilines is 1. The van der Waals surface area contributed by atoms with Gasteiger partial charge in [-0.05, 0) is 29.8 Å². The molecule has 1 aromatic heterocycles. The number of halogens is 2. The van der Waals surface area contributed by atoms with Gasteiger partial charge in [-0.2, -0.15) is 5.26 Å². The third-order valence-electron chi connectivity index (χ3n) is 2.64. The molecule has 0 bridgehead atoms. The number of aromatic nitrogens is 1. The van der Waals surface area contributed by atoms with Gasteiger partial charge in [0, 0.05) is 17.1 Å². The van der Waals surface area contributed by atoms with Gasteiger partial charge in [-0.3, -0.25) is 10.1 Å². The van der Waals surface area contributed by atoms with Crippen LogP contribution in [-0.4, -0.2) is 9.91 Å². The molecule has 2 aromatic rings. The minimum atomic E-state index is -0.668. The third-order valence-corrected chi connectivity index (χ3v) is 3.42. The van der Waals surface area contributed by atoms with Crippen molar-refractivity contribution >= 4 is 27.4 Å². The first-order chi connectivity index (χ1) is 10.0. The van der Waals surface area contributed by atoms with Crippen molar-refractivity contribution < 1.29 is 9.31 Å². The Kier molecular flexibility index (Phi) is 4.45. The second-order valence-electron chi connectivity index (χ2n) is 4.02. The number of benzene rings is 1. The van der Waals surface area contributed by atoms with E-state index in [-0.39, 0.29) is 23.7 Å². The quantitative estimate of drug-likeness (QED) is 0.674.